The number of rotatable bonds is 9. The Kier molecular flexibility index (Phi) is 10.4. The lowest BCUT2D eigenvalue weighted by molar-refractivity contribution is -0.137. The predicted octanol–water partition coefficient (Wildman–Crippen LogP) is 2.39. The van der Waals surface area contributed by atoms with Crippen molar-refractivity contribution >= 4 is 17.7 Å². The molecule has 2 saturated heterocycles. The third-order valence-electron chi connectivity index (χ3n) is 8.24. The smallest absolute Gasteiger partial charge is 0.377 e. The van der Waals surface area contributed by atoms with Crippen LogP contribution in [0.3, 0.4) is 0 Å². The summed E-state index contributed by atoms with van der Waals surface area (Å²) in [5.74, 6) is -0.919. The van der Waals surface area contributed by atoms with Crippen LogP contribution in [0.25, 0.3) is 0 Å². The highest BCUT2D eigenvalue weighted by molar-refractivity contribution is 5.96. The van der Waals surface area contributed by atoms with Gasteiger partial charge in [-0.1, -0.05) is 37.6 Å². The molecule has 230 valence electrons. The number of aliphatic hydroxyl groups excluding tert-OH is 1. The topological polar surface area (TPSA) is 105 Å². The summed E-state index contributed by atoms with van der Waals surface area (Å²) in [5, 5.41) is 16.1. The molecule has 0 spiro atoms. The lowest BCUT2D eigenvalue weighted by Gasteiger charge is -2.39. The number of hydrogen-bond donors (Lipinski definition) is 3. The molecule has 3 atom stereocenters. The Bertz CT molecular complexity index is 1210. The molecular weight excluding hydrogens is 551 g/mol. The van der Waals surface area contributed by atoms with Gasteiger partial charge in [-0.25, -0.2) is 0 Å². The minimum absolute atomic E-state index is 0.0761. The number of piperazine rings is 1. The van der Waals surface area contributed by atoms with Crippen molar-refractivity contribution in [2.45, 2.75) is 51.6 Å². The molecule has 1 aliphatic carbocycles. The molecule has 2 fully saturated rings. The molecule has 3 amide bonds. The Morgan fingerprint density at radius 3 is 2.50 bits per heavy atom. The van der Waals surface area contributed by atoms with Gasteiger partial charge in [0.1, 0.15) is 6.23 Å². The van der Waals surface area contributed by atoms with E-state index >= 15 is 0 Å². The number of aliphatic hydroxyl groups is 1. The van der Waals surface area contributed by atoms with Crippen LogP contribution in [0.2, 0.25) is 0 Å². The standard InChI is InChI=1S/C30H40F3N5O4/c1-3-21-7-8-25(20(2)15-21)29(42)38-13-11-37(12-14-38)27(40)19-36-10-9-24(18-36)35-26(39)17-34-28(41)22-5-4-6-23(16-22)30(31,32)33/h4-8,16,20,24,27,40H,3,9-15,17-19H2,1-2H3,(H,34,41)(H,35,39)/t20?,24-,27?/m1/s1. The van der Waals surface area contributed by atoms with Gasteiger partial charge in [0, 0.05) is 63.0 Å². The Morgan fingerprint density at radius 1 is 1.10 bits per heavy atom. The van der Waals surface area contributed by atoms with E-state index in [0.717, 1.165) is 36.6 Å². The van der Waals surface area contributed by atoms with Crippen molar-refractivity contribution < 1.29 is 32.7 Å². The monoisotopic (exact) mass is 591 g/mol. The molecule has 3 aliphatic rings. The highest BCUT2D eigenvalue weighted by Crippen LogP contribution is 2.30. The van der Waals surface area contributed by atoms with Crippen LogP contribution in [0.15, 0.2) is 47.6 Å². The molecule has 12 heteroatoms. The zero-order valence-corrected chi connectivity index (χ0v) is 24.1. The fraction of sp³-hybridized carbons (Fsp3) is 0.567. The first-order valence-corrected chi connectivity index (χ1v) is 14.5. The number of nitrogens with zero attached hydrogens (tertiary/aromatic N) is 3. The van der Waals surface area contributed by atoms with Crippen molar-refractivity contribution in [1.29, 1.82) is 0 Å². The van der Waals surface area contributed by atoms with Crippen LogP contribution in [0.4, 0.5) is 13.2 Å². The van der Waals surface area contributed by atoms with Crippen LogP contribution >= 0.6 is 0 Å². The Hall–Kier alpha value is -3.22. The van der Waals surface area contributed by atoms with E-state index in [1.807, 2.05) is 15.9 Å². The van der Waals surface area contributed by atoms with Gasteiger partial charge in [-0.2, -0.15) is 13.2 Å². The molecule has 4 rings (SSSR count). The fourth-order valence-electron chi connectivity index (χ4n) is 5.73. The van der Waals surface area contributed by atoms with Gasteiger partial charge in [0.15, 0.2) is 0 Å². The van der Waals surface area contributed by atoms with E-state index in [-0.39, 0.29) is 30.0 Å². The number of halogens is 3. The van der Waals surface area contributed by atoms with E-state index in [2.05, 4.69) is 35.5 Å². The quantitative estimate of drug-likeness (QED) is 0.408. The molecular formula is C30H40F3N5O4. The largest absolute Gasteiger partial charge is 0.416 e. The minimum Gasteiger partial charge on any atom is -0.377 e. The summed E-state index contributed by atoms with van der Waals surface area (Å²) in [6.07, 6.45) is 1.34. The van der Waals surface area contributed by atoms with Gasteiger partial charge < -0.3 is 20.6 Å². The lowest BCUT2D eigenvalue weighted by atomic mass is 9.86. The maximum absolute atomic E-state index is 13.1. The molecule has 1 aromatic carbocycles. The van der Waals surface area contributed by atoms with Crippen molar-refractivity contribution in [1.82, 2.24) is 25.3 Å². The van der Waals surface area contributed by atoms with E-state index < -0.39 is 29.8 Å². The van der Waals surface area contributed by atoms with Gasteiger partial charge in [-0.05, 0) is 43.4 Å². The lowest BCUT2D eigenvalue weighted by Crippen LogP contribution is -2.55. The molecule has 0 aromatic heterocycles. The maximum Gasteiger partial charge on any atom is 0.416 e. The minimum atomic E-state index is -4.56. The molecule has 9 nitrogen and oxygen atoms in total. The number of likely N-dealkylation sites (tertiary alicyclic amines) is 1. The summed E-state index contributed by atoms with van der Waals surface area (Å²) < 4.78 is 38.7. The molecule has 2 unspecified atom stereocenters. The van der Waals surface area contributed by atoms with E-state index in [0.29, 0.717) is 52.2 Å². The summed E-state index contributed by atoms with van der Waals surface area (Å²) in [4.78, 5) is 43.6. The van der Waals surface area contributed by atoms with Gasteiger partial charge in [0.2, 0.25) is 11.8 Å². The van der Waals surface area contributed by atoms with Crippen LogP contribution < -0.4 is 10.6 Å². The third-order valence-corrected chi connectivity index (χ3v) is 8.24. The number of nitrogens with one attached hydrogen (secondary N) is 2. The van der Waals surface area contributed by atoms with Gasteiger partial charge in [-0.15, -0.1) is 0 Å². The normalized spacial score (nSPS) is 22.8. The molecule has 0 radical (unpaired) electrons. The van der Waals surface area contributed by atoms with Crippen molar-refractivity contribution in [3.05, 3.63) is 58.7 Å². The number of benzene rings is 1. The summed E-state index contributed by atoms with van der Waals surface area (Å²) in [6, 6.07) is 3.86. The highest BCUT2D eigenvalue weighted by atomic mass is 19.4. The molecule has 1 aromatic rings. The Morgan fingerprint density at radius 2 is 1.83 bits per heavy atom. The maximum atomic E-state index is 13.1. The van der Waals surface area contributed by atoms with Crippen molar-refractivity contribution in [2.75, 3.05) is 52.4 Å². The van der Waals surface area contributed by atoms with Crippen LogP contribution in [0, 0.1) is 5.92 Å². The van der Waals surface area contributed by atoms with Crippen molar-refractivity contribution in [2.24, 2.45) is 5.92 Å². The second-order valence-electron chi connectivity index (χ2n) is 11.3. The molecule has 0 saturated carbocycles. The first kappa shape index (κ1) is 31.7. The second-order valence-corrected chi connectivity index (χ2v) is 11.3. The van der Waals surface area contributed by atoms with Crippen molar-refractivity contribution in [3.63, 3.8) is 0 Å². The zero-order valence-electron chi connectivity index (χ0n) is 24.1. The Labute approximate surface area is 244 Å². The number of β-amino-alcohol motifs (C(OH)–C–C–N with tert-alkyl or cyclic N) is 1. The molecule has 2 aliphatic heterocycles. The van der Waals surface area contributed by atoms with E-state index in [1.54, 1.807) is 0 Å². The molecule has 2 heterocycles. The van der Waals surface area contributed by atoms with Crippen LogP contribution in [0.1, 0.15) is 49.0 Å². The SMILES string of the molecule is CCC1=CC=C(C(=O)N2CCN(C(O)CN3CC[C@@H](NC(=O)CNC(=O)c4cccc(C(F)(F)F)c4)C3)CC2)C(C)C1. The van der Waals surface area contributed by atoms with E-state index in [4.69, 9.17) is 0 Å². The number of alkyl halides is 3. The average molecular weight is 592 g/mol. The molecule has 42 heavy (non-hydrogen) atoms. The number of amides is 3. The van der Waals surface area contributed by atoms with Crippen LogP contribution in [-0.2, 0) is 15.8 Å². The second kappa shape index (κ2) is 13.8. The molecule has 0 bridgehead atoms. The van der Waals surface area contributed by atoms with E-state index in [9.17, 15) is 32.7 Å². The van der Waals surface area contributed by atoms with E-state index in [1.165, 1.54) is 11.6 Å². The zero-order chi connectivity index (χ0) is 30.4. The number of hydrogen-bond acceptors (Lipinski definition) is 6. The Balaban J connectivity index is 1.16. The number of allylic oxidation sites excluding steroid dienone is 3. The summed E-state index contributed by atoms with van der Waals surface area (Å²) >= 11 is 0. The van der Waals surface area contributed by atoms with Crippen molar-refractivity contribution in [3.8, 4) is 0 Å². The predicted molar refractivity (Wildman–Crippen MR) is 151 cm³/mol. The van der Waals surface area contributed by atoms with Gasteiger partial charge in [0.05, 0.1) is 12.1 Å². The first-order valence-electron chi connectivity index (χ1n) is 14.5. The summed E-state index contributed by atoms with van der Waals surface area (Å²) in [5.41, 5.74) is 1.10. The number of carbonyl (C=O) groups is 3. The first-order chi connectivity index (χ1) is 19.9. The van der Waals surface area contributed by atoms with Crippen LogP contribution in [-0.4, -0.2) is 102 Å². The van der Waals surface area contributed by atoms with Gasteiger partial charge >= 0.3 is 6.18 Å². The highest BCUT2D eigenvalue weighted by Gasteiger charge is 2.33. The summed E-state index contributed by atoms with van der Waals surface area (Å²) in [7, 11) is 0. The fourth-order valence-corrected chi connectivity index (χ4v) is 5.73. The van der Waals surface area contributed by atoms with Gasteiger partial charge in [-0.3, -0.25) is 24.2 Å². The summed E-state index contributed by atoms with van der Waals surface area (Å²) in [6.45, 7) is 7.72. The average Bonchev–Trinajstić information content (AvgIpc) is 3.41. The van der Waals surface area contributed by atoms with Crippen LogP contribution in [0.5, 0.6) is 0 Å². The third kappa shape index (κ3) is 8.20. The number of carbonyl (C=O) groups excluding carboxylic acids is 3. The van der Waals surface area contributed by atoms with Gasteiger partial charge in [0.25, 0.3) is 5.91 Å². The molecule has 3 N–H and O–H groups in total.